The number of urea groups is 1. The fourth-order valence-corrected chi connectivity index (χ4v) is 4.00. The second-order valence-corrected chi connectivity index (χ2v) is 7.38. The summed E-state index contributed by atoms with van der Waals surface area (Å²) >= 11 is 2.79. The van der Waals surface area contributed by atoms with Gasteiger partial charge in [0.05, 0.1) is 15.1 Å². The van der Waals surface area contributed by atoms with Crippen molar-refractivity contribution in [1.29, 1.82) is 0 Å². The molecule has 0 aliphatic heterocycles. The highest BCUT2D eigenvalue weighted by Gasteiger charge is 2.22. The molecule has 9 heteroatoms. The summed E-state index contributed by atoms with van der Waals surface area (Å²) in [5, 5.41) is 5.13. The van der Waals surface area contributed by atoms with E-state index in [-0.39, 0.29) is 0 Å². The molecule has 0 radical (unpaired) electrons. The van der Waals surface area contributed by atoms with Crippen LogP contribution in [-0.2, 0) is 9.53 Å². The number of ether oxygens (including phenoxy) is 1. The second kappa shape index (κ2) is 7.63. The van der Waals surface area contributed by atoms with Gasteiger partial charge in [0, 0.05) is 7.05 Å². The Hall–Kier alpha value is -2.78. The number of thiophene rings is 1. The Kier molecular flexibility index (Phi) is 5.29. The highest BCUT2D eigenvalue weighted by molar-refractivity contribution is 7.26. The maximum Gasteiger partial charge on any atom is 0.349 e. The number of para-hydroxylation sites is 1. The fourth-order valence-electron chi connectivity index (χ4n) is 2.09. The number of carbonyl (C=O) groups excluding carboxylic acids is 3. The molecule has 1 atom stereocenters. The first kappa shape index (κ1) is 18.0. The van der Waals surface area contributed by atoms with Crippen LogP contribution in [0.4, 0.5) is 4.79 Å². The Balaban J connectivity index is 1.69. The van der Waals surface area contributed by atoms with Crippen LogP contribution >= 0.6 is 22.7 Å². The number of hydrogen-bond acceptors (Lipinski definition) is 7. The zero-order chi connectivity index (χ0) is 18.7. The van der Waals surface area contributed by atoms with Crippen molar-refractivity contribution in [2.75, 3.05) is 7.05 Å². The quantitative estimate of drug-likeness (QED) is 0.669. The predicted octanol–water partition coefficient (Wildman–Crippen LogP) is 3.03. The molecule has 0 saturated heterocycles. The third kappa shape index (κ3) is 3.89. The van der Waals surface area contributed by atoms with Crippen LogP contribution in [0.5, 0.6) is 0 Å². The van der Waals surface area contributed by atoms with E-state index in [2.05, 4.69) is 15.6 Å². The minimum atomic E-state index is -1.09. The molecule has 2 aromatic heterocycles. The van der Waals surface area contributed by atoms with Gasteiger partial charge in [-0.1, -0.05) is 12.1 Å². The number of rotatable bonds is 4. The largest absolute Gasteiger partial charge is 0.448 e. The van der Waals surface area contributed by atoms with Gasteiger partial charge in [-0.05, 0) is 31.2 Å². The number of nitrogens with one attached hydrogen (secondary N) is 2. The topological polar surface area (TPSA) is 97.4 Å². The average Bonchev–Trinajstić information content (AvgIpc) is 3.27. The molecule has 3 rings (SSSR count). The molecule has 1 aromatic carbocycles. The van der Waals surface area contributed by atoms with Crippen molar-refractivity contribution in [1.82, 2.24) is 15.6 Å². The average molecular weight is 389 g/mol. The Labute approximate surface area is 157 Å². The minimum absolute atomic E-state index is 0.360. The van der Waals surface area contributed by atoms with Gasteiger partial charge in [-0.3, -0.25) is 10.1 Å². The molecule has 2 heterocycles. The molecular weight excluding hydrogens is 374 g/mol. The molecular formula is C17H15N3O4S2. The summed E-state index contributed by atoms with van der Waals surface area (Å²) < 4.78 is 6.18. The summed E-state index contributed by atoms with van der Waals surface area (Å²) in [4.78, 5) is 40.9. The Morgan fingerprint density at radius 3 is 2.62 bits per heavy atom. The third-order valence-corrected chi connectivity index (χ3v) is 5.70. The lowest BCUT2D eigenvalue weighted by atomic mass is 10.3. The maximum absolute atomic E-state index is 12.2. The van der Waals surface area contributed by atoms with Crippen LogP contribution in [0.25, 0.3) is 20.1 Å². The molecule has 0 spiro atoms. The lowest BCUT2D eigenvalue weighted by Gasteiger charge is -2.11. The first-order valence-corrected chi connectivity index (χ1v) is 9.30. The molecule has 0 saturated carbocycles. The summed E-state index contributed by atoms with van der Waals surface area (Å²) in [7, 11) is 1.38. The van der Waals surface area contributed by atoms with Crippen LogP contribution < -0.4 is 10.6 Å². The van der Waals surface area contributed by atoms with Gasteiger partial charge in [0.25, 0.3) is 5.91 Å². The molecule has 0 unspecified atom stereocenters. The van der Waals surface area contributed by atoms with Crippen molar-refractivity contribution in [3.05, 3.63) is 41.3 Å². The number of thiazole rings is 1. The number of benzene rings is 1. The van der Waals surface area contributed by atoms with Crippen molar-refractivity contribution in [2.24, 2.45) is 0 Å². The monoisotopic (exact) mass is 389 g/mol. The Bertz CT molecular complexity index is 946. The number of imide groups is 1. The maximum atomic E-state index is 12.2. The number of nitrogens with zero attached hydrogens (tertiary/aromatic N) is 1. The first-order valence-electron chi connectivity index (χ1n) is 7.67. The molecule has 2 N–H and O–H groups in total. The van der Waals surface area contributed by atoms with Crippen LogP contribution in [-0.4, -0.2) is 36.0 Å². The molecule has 0 fully saturated rings. The number of fused-ring (bicyclic) bond motifs is 1. The van der Waals surface area contributed by atoms with Crippen LogP contribution in [0, 0.1) is 0 Å². The number of aromatic nitrogens is 1. The van der Waals surface area contributed by atoms with Crippen LogP contribution in [0.2, 0.25) is 0 Å². The molecule has 134 valence electrons. The highest BCUT2D eigenvalue weighted by atomic mass is 32.1. The van der Waals surface area contributed by atoms with Crippen LogP contribution in [0.1, 0.15) is 16.6 Å². The van der Waals surface area contributed by atoms with Crippen molar-refractivity contribution in [3.63, 3.8) is 0 Å². The van der Waals surface area contributed by atoms with Crippen molar-refractivity contribution in [3.8, 4) is 9.88 Å². The standard InChI is InChI=1S/C17H15N3O4S2/c1-9(14(21)20-17(23)18-2)24-16(22)13-8-7-12(25-13)15-19-10-5-3-4-6-11(10)26-15/h3-9H,1-2H3,(H2,18,20,21,23)/t9-/m1/s1. The van der Waals surface area contributed by atoms with E-state index in [1.807, 2.05) is 24.3 Å². The van der Waals surface area contributed by atoms with E-state index in [1.165, 1.54) is 25.3 Å². The third-order valence-electron chi connectivity index (χ3n) is 3.43. The minimum Gasteiger partial charge on any atom is -0.448 e. The number of carbonyl (C=O) groups is 3. The molecule has 0 aliphatic rings. The van der Waals surface area contributed by atoms with E-state index in [0.717, 1.165) is 20.1 Å². The van der Waals surface area contributed by atoms with E-state index in [9.17, 15) is 14.4 Å². The van der Waals surface area contributed by atoms with Crippen LogP contribution in [0.15, 0.2) is 36.4 Å². The molecule has 0 aliphatic carbocycles. The zero-order valence-corrected chi connectivity index (χ0v) is 15.6. The van der Waals surface area contributed by atoms with Gasteiger partial charge in [0.15, 0.2) is 6.10 Å². The van der Waals surface area contributed by atoms with E-state index in [0.29, 0.717) is 4.88 Å². The second-order valence-electron chi connectivity index (χ2n) is 5.27. The Morgan fingerprint density at radius 2 is 1.88 bits per heavy atom. The molecule has 3 aromatic rings. The van der Waals surface area contributed by atoms with E-state index >= 15 is 0 Å². The van der Waals surface area contributed by atoms with Gasteiger partial charge < -0.3 is 10.1 Å². The lowest BCUT2D eigenvalue weighted by Crippen LogP contribution is -2.43. The normalized spacial score (nSPS) is 11.8. The van der Waals surface area contributed by atoms with Crippen molar-refractivity contribution >= 4 is 50.8 Å². The van der Waals surface area contributed by atoms with Crippen LogP contribution in [0.3, 0.4) is 0 Å². The number of esters is 1. The lowest BCUT2D eigenvalue weighted by molar-refractivity contribution is -0.127. The smallest absolute Gasteiger partial charge is 0.349 e. The zero-order valence-electron chi connectivity index (χ0n) is 13.9. The van der Waals surface area contributed by atoms with E-state index in [1.54, 1.807) is 23.5 Å². The predicted molar refractivity (Wildman–Crippen MR) is 100 cm³/mol. The molecule has 0 bridgehead atoms. The SMILES string of the molecule is CNC(=O)NC(=O)[C@@H](C)OC(=O)c1ccc(-c2nc3ccccc3s2)s1. The highest BCUT2D eigenvalue weighted by Crippen LogP contribution is 2.34. The van der Waals surface area contributed by atoms with Gasteiger partial charge in [0.2, 0.25) is 0 Å². The van der Waals surface area contributed by atoms with Gasteiger partial charge in [-0.15, -0.1) is 22.7 Å². The molecule has 7 nitrogen and oxygen atoms in total. The summed E-state index contributed by atoms with van der Waals surface area (Å²) in [5.41, 5.74) is 0.907. The number of amides is 3. The molecule has 26 heavy (non-hydrogen) atoms. The molecule has 3 amide bonds. The Morgan fingerprint density at radius 1 is 1.12 bits per heavy atom. The summed E-state index contributed by atoms with van der Waals surface area (Å²) in [6.07, 6.45) is -1.09. The first-order chi connectivity index (χ1) is 12.5. The van der Waals surface area contributed by atoms with Gasteiger partial charge >= 0.3 is 12.0 Å². The fraction of sp³-hybridized carbons (Fsp3) is 0.176. The van der Waals surface area contributed by atoms with Crippen molar-refractivity contribution in [2.45, 2.75) is 13.0 Å². The van der Waals surface area contributed by atoms with Gasteiger partial charge in [-0.25, -0.2) is 14.6 Å². The number of hydrogen-bond donors (Lipinski definition) is 2. The summed E-state index contributed by atoms with van der Waals surface area (Å²) in [6, 6.07) is 10.6. The van der Waals surface area contributed by atoms with E-state index < -0.39 is 24.0 Å². The van der Waals surface area contributed by atoms with E-state index in [4.69, 9.17) is 4.74 Å². The van der Waals surface area contributed by atoms with Gasteiger partial charge in [-0.2, -0.15) is 0 Å². The van der Waals surface area contributed by atoms with Gasteiger partial charge in [0.1, 0.15) is 9.88 Å². The summed E-state index contributed by atoms with van der Waals surface area (Å²) in [5.74, 6) is -1.32. The summed E-state index contributed by atoms with van der Waals surface area (Å²) in [6.45, 7) is 1.40. The van der Waals surface area contributed by atoms with Crippen molar-refractivity contribution < 1.29 is 19.1 Å².